The van der Waals surface area contributed by atoms with Gasteiger partial charge in [-0.2, -0.15) is 13.2 Å². The van der Waals surface area contributed by atoms with Crippen LogP contribution in [-0.4, -0.2) is 43.8 Å². The number of halogens is 5. The number of anilines is 1. The molecular formula is C12H17Cl2F3N2. The average molecular weight is 317 g/mol. The molecule has 0 bridgehead atoms. The highest BCUT2D eigenvalue weighted by Gasteiger charge is 2.32. The van der Waals surface area contributed by atoms with Crippen molar-refractivity contribution < 1.29 is 13.2 Å². The van der Waals surface area contributed by atoms with Gasteiger partial charge in [0.2, 0.25) is 0 Å². The molecule has 0 N–H and O–H groups in total. The minimum atomic E-state index is -4.09. The van der Waals surface area contributed by atoms with E-state index >= 15 is 0 Å². The Kier molecular flexibility index (Phi) is 7.55. The van der Waals surface area contributed by atoms with E-state index in [2.05, 4.69) is 4.90 Å². The van der Waals surface area contributed by atoms with Crippen molar-refractivity contribution in [3.8, 4) is 0 Å². The number of piperazine rings is 1. The summed E-state index contributed by atoms with van der Waals surface area (Å²) >= 11 is 0. The molecule has 1 saturated heterocycles. The Hall–Kier alpha value is -0.650. The number of nitrogens with zero attached hydrogens (tertiary/aromatic N) is 2. The van der Waals surface area contributed by atoms with Gasteiger partial charge in [-0.3, -0.25) is 4.90 Å². The van der Waals surface area contributed by atoms with Crippen molar-refractivity contribution in [2.24, 2.45) is 0 Å². The summed E-state index contributed by atoms with van der Waals surface area (Å²) < 4.78 is 36.6. The van der Waals surface area contributed by atoms with Crippen LogP contribution in [0.15, 0.2) is 30.3 Å². The van der Waals surface area contributed by atoms with Crippen molar-refractivity contribution in [3.05, 3.63) is 30.3 Å². The first-order valence-electron chi connectivity index (χ1n) is 5.64. The largest absolute Gasteiger partial charge is 0.401 e. The molecule has 7 heteroatoms. The third-order valence-electron chi connectivity index (χ3n) is 2.90. The molecule has 0 aliphatic carbocycles. The lowest BCUT2D eigenvalue weighted by Gasteiger charge is -2.36. The Morgan fingerprint density at radius 1 is 0.895 bits per heavy atom. The van der Waals surface area contributed by atoms with Gasteiger partial charge in [-0.15, -0.1) is 24.8 Å². The Morgan fingerprint density at radius 3 is 1.89 bits per heavy atom. The maximum absolute atomic E-state index is 12.2. The molecule has 0 saturated carbocycles. The molecule has 0 atom stereocenters. The topological polar surface area (TPSA) is 6.48 Å². The first-order chi connectivity index (χ1) is 8.04. The third-order valence-corrected chi connectivity index (χ3v) is 2.90. The predicted molar refractivity (Wildman–Crippen MR) is 75.6 cm³/mol. The van der Waals surface area contributed by atoms with Gasteiger partial charge in [0.1, 0.15) is 0 Å². The van der Waals surface area contributed by atoms with Crippen LogP contribution in [0.4, 0.5) is 18.9 Å². The van der Waals surface area contributed by atoms with Gasteiger partial charge in [-0.05, 0) is 12.1 Å². The molecule has 1 aliphatic rings. The molecule has 0 spiro atoms. The highest BCUT2D eigenvalue weighted by Crippen LogP contribution is 2.19. The standard InChI is InChI=1S/C12H15F3N2.2ClH/c13-12(14,15)10-16-6-8-17(9-7-16)11-4-2-1-3-5-11;;/h1-5H,6-10H2;2*1H. The molecule has 0 amide bonds. The lowest BCUT2D eigenvalue weighted by Crippen LogP contribution is -2.49. The van der Waals surface area contributed by atoms with E-state index in [0.717, 1.165) is 5.69 Å². The van der Waals surface area contributed by atoms with E-state index in [0.29, 0.717) is 26.2 Å². The van der Waals surface area contributed by atoms with Gasteiger partial charge in [0, 0.05) is 31.9 Å². The highest BCUT2D eigenvalue weighted by atomic mass is 35.5. The third kappa shape index (κ3) is 5.89. The van der Waals surface area contributed by atoms with Crippen molar-refractivity contribution in [3.63, 3.8) is 0 Å². The number of alkyl halides is 3. The number of hydrogen-bond acceptors (Lipinski definition) is 2. The van der Waals surface area contributed by atoms with E-state index in [1.165, 1.54) is 4.90 Å². The van der Waals surface area contributed by atoms with Crippen LogP contribution in [0, 0.1) is 0 Å². The number of benzene rings is 1. The van der Waals surface area contributed by atoms with Crippen LogP contribution in [-0.2, 0) is 0 Å². The highest BCUT2D eigenvalue weighted by molar-refractivity contribution is 5.85. The molecule has 2 rings (SSSR count). The summed E-state index contributed by atoms with van der Waals surface area (Å²) in [7, 11) is 0. The molecule has 110 valence electrons. The lowest BCUT2D eigenvalue weighted by molar-refractivity contribution is -0.146. The minimum absolute atomic E-state index is 0. The molecule has 1 aliphatic heterocycles. The van der Waals surface area contributed by atoms with Gasteiger partial charge < -0.3 is 4.90 Å². The molecule has 1 fully saturated rings. The molecule has 2 nitrogen and oxygen atoms in total. The molecular weight excluding hydrogens is 300 g/mol. The summed E-state index contributed by atoms with van der Waals surface area (Å²) in [4.78, 5) is 3.58. The SMILES string of the molecule is Cl.Cl.FC(F)(F)CN1CCN(c2ccccc2)CC1. The second kappa shape index (κ2) is 7.82. The monoisotopic (exact) mass is 316 g/mol. The first kappa shape index (κ1) is 18.4. The first-order valence-corrected chi connectivity index (χ1v) is 5.64. The van der Waals surface area contributed by atoms with Crippen LogP contribution in [0.3, 0.4) is 0 Å². The summed E-state index contributed by atoms with van der Waals surface area (Å²) in [6.45, 7) is 1.44. The zero-order valence-corrected chi connectivity index (χ0v) is 11.9. The normalized spacial score (nSPS) is 16.5. The van der Waals surface area contributed by atoms with Crippen molar-refractivity contribution in [1.29, 1.82) is 0 Å². The van der Waals surface area contributed by atoms with E-state index in [4.69, 9.17) is 0 Å². The maximum atomic E-state index is 12.2. The van der Waals surface area contributed by atoms with Gasteiger partial charge in [0.15, 0.2) is 0 Å². The molecule has 0 radical (unpaired) electrons. The Balaban J connectivity index is 0.00000162. The Labute approximate surface area is 123 Å². The van der Waals surface area contributed by atoms with Gasteiger partial charge >= 0.3 is 6.18 Å². The minimum Gasteiger partial charge on any atom is -0.369 e. The van der Waals surface area contributed by atoms with Crippen LogP contribution in [0.2, 0.25) is 0 Å². The van der Waals surface area contributed by atoms with Crippen molar-refractivity contribution in [2.45, 2.75) is 6.18 Å². The van der Waals surface area contributed by atoms with E-state index < -0.39 is 12.7 Å². The zero-order chi connectivity index (χ0) is 12.3. The Bertz CT molecular complexity index is 352. The fourth-order valence-electron chi connectivity index (χ4n) is 2.06. The zero-order valence-electron chi connectivity index (χ0n) is 10.3. The van der Waals surface area contributed by atoms with Crippen LogP contribution in [0.25, 0.3) is 0 Å². The second-order valence-corrected chi connectivity index (χ2v) is 4.21. The van der Waals surface area contributed by atoms with Crippen LogP contribution < -0.4 is 4.90 Å². The molecule has 0 unspecified atom stereocenters. The number of para-hydroxylation sites is 1. The summed E-state index contributed by atoms with van der Waals surface area (Å²) in [6.07, 6.45) is -4.09. The summed E-state index contributed by atoms with van der Waals surface area (Å²) in [5.41, 5.74) is 1.08. The van der Waals surface area contributed by atoms with E-state index in [1.54, 1.807) is 0 Å². The smallest absolute Gasteiger partial charge is 0.369 e. The fraction of sp³-hybridized carbons (Fsp3) is 0.500. The molecule has 1 heterocycles. The van der Waals surface area contributed by atoms with Crippen LogP contribution in [0.5, 0.6) is 0 Å². The predicted octanol–water partition coefficient (Wildman–Crippen LogP) is 3.21. The van der Waals surface area contributed by atoms with Gasteiger partial charge in [0.25, 0.3) is 0 Å². The van der Waals surface area contributed by atoms with Crippen LogP contribution >= 0.6 is 24.8 Å². The quantitative estimate of drug-likeness (QED) is 0.826. The van der Waals surface area contributed by atoms with E-state index in [1.807, 2.05) is 30.3 Å². The summed E-state index contributed by atoms with van der Waals surface area (Å²) in [5.74, 6) is 0. The van der Waals surface area contributed by atoms with Crippen molar-refractivity contribution in [2.75, 3.05) is 37.6 Å². The number of hydrogen-bond donors (Lipinski definition) is 0. The van der Waals surface area contributed by atoms with Gasteiger partial charge in [-0.25, -0.2) is 0 Å². The van der Waals surface area contributed by atoms with E-state index in [-0.39, 0.29) is 24.8 Å². The maximum Gasteiger partial charge on any atom is 0.401 e. The molecule has 1 aromatic rings. The summed E-state index contributed by atoms with van der Waals surface area (Å²) in [5, 5.41) is 0. The summed E-state index contributed by atoms with van der Waals surface area (Å²) in [6, 6.07) is 9.79. The van der Waals surface area contributed by atoms with Crippen molar-refractivity contribution >= 4 is 30.5 Å². The van der Waals surface area contributed by atoms with Crippen molar-refractivity contribution in [1.82, 2.24) is 4.90 Å². The molecule has 19 heavy (non-hydrogen) atoms. The van der Waals surface area contributed by atoms with Crippen LogP contribution in [0.1, 0.15) is 0 Å². The molecule has 0 aromatic heterocycles. The second-order valence-electron chi connectivity index (χ2n) is 4.21. The fourth-order valence-corrected chi connectivity index (χ4v) is 2.06. The lowest BCUT2D eigenvalue weighted by atomic mass is 10.2. The van der Waals surface area contributed by atoms with Gasteiger partial charge in [-0.1, -0.05) is 18.2 Å². The molecule has 1 aromatic carbocycles. The average Bonchev–Trinajstić information content (AvgIpc) is 2.29. The Morgan fingerprint density at radius 2 is 1.42 bits per heavy atom. The van der Waals surface area contributed by atoms with Gasteiger partial charge in [0.05, 0.1) is 6.54 Å². The van der Waals surface area contributed by atoms with E-state index in [9.17, 15) is 13.2 Å². The number of rotatable bonds is 2.